The molecule has 1 amide bonds. The van der Waals surface area contributed by atoms with Crippen molar-refractivity contribution < 1.29 is 4.79 Å². The summed E-state index contributed by atoms with van der Waals surface area (Å²) in [5.74, 6) is 1.30. The number of nitrogens with zero attached hydrogens (tertiary/aromatic N) is 2. The van der Waals surface area contributed by atoms with Crippen LogP contribution in [-0.4, -0.2) is 34.5 Å². The van der Waals surface area contributed by atoms with Crippen molar-refractivity contribution in [3.05, 3.63) is 23.5 Å². The lowest BCUT2D eigenvalue weighted by atomic mass is 9.78. The number of likely N-dealkylation sites (tertiary alicyclic amines) is 1. The van der Waals surface area contributed by atoms with Crippen LogP contribution in [0.25, 0.3) is 0 Å². The zero-order valence-electron chi connectivity index (χ0n) is 11.8. The third kappa shape index (κ3) is 2.08. The predicted molar refractivity (Wildman–Crippen MR) is 74.9 cm³/mol. The molecule has 1 saturated carbocycles. The molecule has 3 unspecified atom stereocenters. The van der Waals surface area contributed by atoms with E-state index < -0.39 is 0 Å². The van der Waals surface area contributed by atoms with E-state index in [0.717, 1.165) is 30.9 Å². The van der Waals surface area contributed by atoms with Crippen molar-refractivity contribution in [2.45, 2.75) is 32.2 Å². The second-order valence-corrected chi connectivity index (χ2v) is 6.15. The van der Waals surface area contributed by atoms with Crippen LogP contribution in [-0.2, 0) is 7.05 Å². The van der Waals surface area contributed by atoms with Gasteiger partial charge in [0.15, 0.2) is 0 Å². The van der Waals surface area contributed by atoms with E-state index in [-0.39, 0.29) is 11.9 Å². The summed E-state index contributed by atoms with van der Waals surface area (Å²) in [5, 5.41) is 0. The zero-order chi connectivity index (χ0) is 13.6. The summed E-state index contributed by atoms with van der Waals surface area (Å²) < 4.78 is 1.98. The van der Waals surface area contributed by atoms with Crippen LogP contribution in [0.2, 0.25) is 0 Å². The lowest BCUT2D eigenvalue weighted by Crippen LogP contribution is -2.38. The quantitative estimate of drug-likeness (QED) is 0.833. The van der Waals surface area contributed by atoms with E-state index >= 15 is 0 Å². The maximum atomic E-state index is 12.6. The lowest BCUT2D eigenvalue weighted by Gasteiger charge is -2.29. The summed E-state index contributed by atoms with van der Waals surface area (Å²) in [5.41, 5.74) is 8.13. The Morgan fingerprint density at radius 2 is 2.11 bits per heavy atom. The molecule has 1 aliphatic carbocycles. The molecular weight excluding hydrogens is 238 g/mol. The molecule has 4 nitrogen and oxygen atoms in total. The normalized spacial score (nSPS) is 30.5. The van der Waals surface area contributed by atoms with Crippen molar-refractivity contribution >= 4 is 5.91 Å². The molecule has 0 bridgehead atoms. The maximum absolute atomic E-state index is 12.6. The average molecular weight is 261 g/mol. The third-order valence-corrected chi connectivity index (χ3v) is 5.03. The Hall–Kier alpha value is -1.29. The Balaban J connectivity index is 1.77. The molecule has 1 saturated heterocycles. The van der Waals surface area contributed by atoms with Gasteiger partial charge in [0, 0.05) is 31.9 Å². The second-order valence-electron chi connectivity index (χ2n) is 6.15. The van der Waals surface area contributed by atoms with E-state index in [9.17, 15) is 4.79 Å². The van der Waals surface area contributed by atoms with Crippen LogP contribution in [0.5, 0.6) is 0 Å². The van der Waals surface area contributed by atoms with Crippen LogP contribution in [0.1, 0.15) is 35.4 Å². The third-order valence-electron chi connectivity index (χ3n) is 5.03. The van der Waals surface area contributed by atoms with Crippen LogP contribution < -0.4 is 5.73 Å². The van der Waals surface area contributed by atoms with Gasteiger partial charge in [0.2, 0.25) is 0 Å². The van der Waals surface area contributed by atoms with E-state index in [1.165, 1.54) is 12.8 Å². The Morgan fingerprint density at radius 3 is 2.74 bits per heavy atom. The standard InChI is InChI=1S/C15H23N3O/c1-10-6-7-14(17(10)2)15(19)18-8-11-4-3-5-13(16)12(11)9-18/h6-7,11-13H,3-5,8-9,16H2,1-2H3. The highest BCUT2D eigenvalue weighted by Gasteiger charge is 2.40. The first-order valence-corrected chi connectivity index (χ1v) is 7.25. The molecule has 2 heterocycles. The largest absolute Gasteiger partial charge is 0.344 e. The minimum Gasteiger partial charge on any atom is -0.344 e. The van der Waals surface area contributed by atoms with E-state index in [1.807, 2.05) is 35.6 Å². The lowest BCUT2D eigenvalue weighted by molar-refractivity contribution is 0.0774. The van der Waals surface area contributed by atoms with Gasteiger partial charge in [-0.1, -0.05) is 6.42 Å². The van der Waals surface area contributed by atoms with Crippen molar-refractivity contribution in [2.24, 2.45) is 24.6 Å². The number of carbonyl (C=O) groups is 1. The van der Waals surface area contributed by atoms with Crippen molar-refractivity contribution in [1.29, 1.82) is 0 Å². The Labute approximate surface area is 114 Å². The summed E-state index contributed by atoms with van der Waals surface area (Å²) in [6, 6.07) is 4.22. The first kappa shape index (κ1) is 12.7. The molecule has 19 heavy (non-hydrogen) atoms. The number of rotatable bonds is 1. The number of amides is 1. The van der Waals surface area contributed by atoms with Crippen molar-refractivity contribution in [3.63, 3.8) is 0 Å². The van der Waals surface area contributed by atoms with Gasteiger partial charge < -0.3 is 15.2 Å². The molecule has 2 aliphatic rings. The number of hydrogen-bond donors (Lipinski definition) is 1. The van der Waals surface area contributed by atoms with Crippen molar-refractivity contribution in [1.82, 2.24) is 9.47 Å². The fourth-order valence-electron chi connectivity index (χ4n) is 3.67. The van der Waals surface area contributed by atoms with Crippen molar-refractivity contribution in [2.75, 3.05) is 13.1 Å². The Bertz CT molecular complexity index is 494. The first-order valence-electron chi connectivity index (χ1n) is 7.25. The molecule has 3 atom stereocenters. The van der Waals surface area contributed by atoms with E-state index in [1.54, 1.807) is 0 Å². The zero-order valence-corrected chi connectivity index (χ0v) is 11.8. The minimum atomic E-state index is 0.164. The van der Waals surface area contributed by atoms with Gasteiger partial charge in [-0.2, -0.15) is 0 Å². The summed E-state index contributed by atoms with van der Waals surface area (Å²) >= 11 is 0. The molecule has 1 aromatic heterocycles. The summed E-state index contributed by atoms with van der Waals surface area (Å²) in [6.45, 7) is 3.76. The highest BCUT2D eigenvalue weighted by molar-refractivity contribution is 5.93. The number of hydrogen-bond acceptors (Lipinski definition) is 2. The van der Waals surface area contributed by atoms with Gasteiger partial charge in [-0.05, 0) is 43.7 Å². The highest BCUT2D eigenvalue weighted by atomic mass is 16.2. The molecule has 3 rings (SSSR count). The van der Waals surface area contributed by atoms with Crippen LogP contribution >= 0.6 is 0 Å². The number of fused-ring (bicyclic) bond motifs is 1. The number of aromatic nitrogens is 1. The van der Waals surface area contributed by atoms with Crippen LogP contribution in [0, 0.1) is 18.8 Å². The molecule has 1 aliphatic heterocycles. The predicted octanol–water partition coefficient (Wildman–Crippen LogP) is 1.53. The van der Waals surface area contributed by atoms with Gasteiger partial charge >= 0.3 is 0 Å². The van der Waals surface area contributed by atoms with Crippen LogP contribution in [0.15, 0.2) is 12.1 Å². The molecule has 1 aromatic rings. The van der Waals surface area contributed by atoms with Gasteiger partial charge in [0.25, 0.3) is 5.91 Å². The fourth-order valence-corrected chi connectivity index (χ4v) is 3.67. The molecule has 0 aromatic carbocycles. The summed E-state index contributed by atoms with van der Waals surface area (Å²) in [7, 11) is 1.96. The first-order chi connectivity index (χ1) is 9.08. The molecule has 0 radical (unpaired) electrons. The average Bonchev–Trinajstić information content (AvgIpc) is 2.95. The van der Waals surface area contributed by atoms with Gasteiger partial charge in [-0.25, -0.2) is 0 Å². The summed E-state index contributed by atoms with van der Waals surface area (Å²) in [6.07, 6.45) is 3.56. The van der Waals surface area contributed by atoms with Gasteiger partial charge in [-0.3, -0.25) is 4.79 Å². The van der Waals surface area contributed by atoms with Crippen LogP contribution in [0.3, 0.4) is 0 Å². The topological polar surface area (TPSA) is 51.3 Å². The van der Waals surface area contributed by atoms with E-state index in [0.29, 0.717) is 11.8 Å². The molecule has 4 heteroatoms. The highest BCUT2D eigenvalue weighted by Crippen LogP contribution is 2.36. The van der Waals surface area contributed by atoms with Crippen molar-refractivity contribution in [3.8, 4) is 0 Å². The smallest absolute Gasteiger partial charge is 0.270 e. The number of aryl methyl sites for hydroxylation is 1. The van der Waals surface area contributed by atoms with E-state index in [4.69, 9.17) is 5.73 Å². The molecule has 2 N–H and O–H groups in total. The van der Waals surface area contributed by atoms with E-state index in [2.05, 4.69) is 0 Å². The fraction of sp³-hybridized carbons (Fsp3) is 0.667. The minimum absolute atomic E-state index is 0.164. The molecule has 0 spiro atoms. The molecular formula is C15H23N3O. The summed E-state index contributed by atoms with van der Waals surface area (Å²) in [4.78, 5) is 14.6. The van der Waals surface area contributed by atoms with Crippen LogP contribution in [0.4, 0.5) is 0 Å². The number of nitrogens with two attached hydrogens (primary N) is 1. The Morgan fingerprint density at radius 1 is 1.32 bits per heavy atom. The molecule has 104 valence electrons. The van der Waals surface area contributed by atoms with Gasteiger partial charge in [0.1, 0.15) is 5.69 Å². The van der Waals surface area contributed by atoms with Gasteiger partial charge in [0.05, 0.1) is 0 Å². The van der Waals surface area contributed by atoms with Gasteiger partial charge in [-0.15, -0.1) is 0 Å². The Kier molecular flexibility index (Phi) is 3.13. The maximum Gasteiger partial charge on any atom is 0.270 e. The SMILES string of the molecule is Cc1ccc(C(=O)N2CC3CCCC(N)C3C2)n1C. The monoisotopic (exact) mass is 261 g/mol. The second kappa shape index (κ2) is 4.67. The number of carbonyl (C=O) groups excluding carboxylic acids is 1. The molecule has 2 fully saturated rings.